The molecule has 1 amide bonds. The fourth-order valence-electron chi connectivity index (χ4n) is 1.92. The highest BCUT2D eigenvalue weighted by molar-refractivity contribution is 5.96. The van der Waals surface area contributed by atoms with Crippen LogP contribution in [0.15, 0.2) is 12.4 Å². The van der Waals surface area contributed by atoms with Crippen LogP contribution in [0.1, 0.15) is 28.7 Å². The Balaban J connectivity index is 2.04. The number of nitrogens with two attached hydrogens (primary N) is 1. The quantitative estimate of drug-likeness (QED) is 0.837. The van der Waals surface area contributed by atoms with Gasteiger partial charge in [0.1, 0.15) is 0 Å². The van der Waals surface area contributed by atoms with Gasteiger partial charge in [-0.25, -0.2) is 0 Å². The summed E-state index contributed by atoms with van der Waals surface area (Å²) in [6.45, 7) is 5.23. The molecule has 0 saturated heterocycles. The second kappa shape index (κ2) is 5.13. The van der Waals surface area contributed by atoms with Gasteiger partial charge in [0, 0.05) is 37.6 Å². The highest BCUT2D eigenvalue weighted by atomic mass is 16.2. The summed E-state index contributed by atoms with van der Waals surface area (Å²) in [5.41, 5.74) is 8.38. The summed E-state index contributed by atoms with van der Waals surface area (Å²) >= 11 is 0. The van der Waals surface area contributed by atoms with Crippen molar-refractivity contribution in [3.8, 4) is 0 Å². The Morgan fingerprint density at radius 3 is 2.79 bits per heavy atom. The van der Waals surface area contributed by atoms with Gasteiger partial charge in [-0.2, -0.15) is 10.2 Å². The number of carbonyl (C=O) groups is 1. The van der Waals surface area contributed by atoms with Crippen molar-refractivity contribution in [1.82, 2.24) is 24.9 Å². The molecule has 102 valence electrons. The van der Waals surface area contributed by atoms with Crippen molar-refractivity contribution in [2.75, 3.05) is 5.73 Å². The lowest BCUT2D eigenvalue weighted by Crippen LogP contribution is -2.24. The summed E-state index contributed by atoms with van der Waals surface area (Å²) in [5.74, 6) is -0.276. The summed E-state index contributed by atoms with van der Waals surface area (Å²) in [4.78, 5) is 11.9. The van der Waals surface area contributed by atoms with Crippen molar-refractivity contribution in [2.24, 2.45) is 7.05 Å². The summed E-state index contributed by atoms with van der Waals surface area (Å²) in [5, 5.41) is 11.1. The largest absolute Gasteiger partial charge is 0.396 e. The maximum Gasteiger partial charge on any atom is 0.274 e. The molecule has 2 aromatic rings. The van der Waals surface area contributed by atoms with Gasteiger partial charge in [-0.15, -0.1) is 0 Å². The highest BCUT2D eigenvalue weighted by Crippen LogP contribution is 2.10. The third kappa shape index (κ3) is 2.59. The molecular weight excluding hydrogens is 244 g/mol. The molecular formula is C12H18N6O. The maximum absolute atomic E-state index is 11.9. The molecule has 0 aliphatic rings. The van der Waals surface area contributed by atoms with Gasteiger partial charge in [0.25, 0.3) is 5.91 Å². The summed E-state index contributed by atoms with van der Waals surface area (Å²) < 4.78 is 3.40. The number of amides is 1. The van der Waals surface area contributed by atoms with E-state index in [2.05, 4.69) is 15.5 Å². The topological polar surface area (TPSA) is 90.8 Å². The van der Waals surface area contributed by atoms with Crippen LogP contribution in [0.4, 0.5) is 5.69 Å². The second-order valence-electron chi connectivity index (χ2n) is 4.36. The van der Waals surface area contributed by atoms with E-state index in [1.165, 1.54) is 4.68 Å². The lowest BCUT2D eigenvalue weighted by molar-refractivity contribution is 0.0946. The zero-order chi connectivity index (χ0) is 14.0. The predicted octanol–water partition coefficient (Wildman–Crippen LogP) is 0.457. The number of nitrogens with one attached hydrogen (secondary N) is 1. The molecule has 0 aliphatic heterocycles. The van der Waals surface area contributed by atoms with Gasteiger partial charge in [0.05, 0.1) is 11.9 Å². The molecule has 7 nitrogen and oxygen atoms in total. The van der Waals surface area contributed by atoms with E-state index in [0.29, 0.717) is 12.2 Å². The van der Waals surface area contributed by atoms with Crippen LogP contribution < -0.4 is 11.1 Å². The second-order valence-corrected chi connectivity index (χ2v) is 4.36. The number of hydrogen-bond acceptors (Lipinski definition) is 4. The first-order valence-corrected chi connectivity index (χ1v) is 6.11. The van der Waals surface area contributed by atoms with Crippen LogP contribution in [0.3, 0.4) is 0 Å². The Labute approximate surface area is 111 Å². The zero-order valence-corrected chi connectivity index (χ0v) is 11.3. The Morgan fingerprint density at radius 1 is 1.53 bits per heavy atom. The number of aryl methyl sites for hydroxylation is 2. The SMILES string of the molecule is CCn1ncc(CNC(=O)c2nn(C)cc2N)c1C. The first-order chi connectivity index (χ1) is 9.02. The number of anilines is 1. The first kappa shape index (κ1) is 13.1. The van der Waals surface area contributed by atoms with E-state index >= 15 is 0 Å². The van der Waals surface area contributed by atoms with Crippen LogP contribution in [0, 0.1) is 6.92 Å². The number of aromatic nitrogens is 4. The Bertz CT molecular complexity index is 597. The van der Waals surface area contributed by atoms with Gasteiger partial charge >= 0.3 is 0 Å². The smallest absolute Gasteiger partial charge is 0.274 e. The average molecular weight is 262 g/mol. The minimum atomic E-state index is -0.276. The molecule has 0 aliphatic carbocycles. The van der Waals surface area contributed by atoms with E-state index in [-0.39, 0.29) is 11.6 Å². The average Bonchev–Trinajstić information content (AvgIpc) is 2.89. The lowest BCUT2D eigenvalue weighted by atomic mass is 10.2. The fourth-order valence-corrected chi connectivity index (χ4v) is 1.92. The lowest BCUT2D eigenvalue weighted by Gasteiger charge is -2.04. The Morgan fingerprint density at radius 2 is 2.26 bits per heavy atom. The van der Waals surface area contributed by atoms with Crippen molar-refractivity contribution in [2.45, 2.75) is 26.9 Å². The van der Waals surface area contributed by atoms with Crippen LogP contribution in [0.5, 0.6) is 0 Å². The number of nitrogen functional groups attached to an aromatic ring is 1. The normalized spacial score (nSPS) is 10.7. The van der Waals surface area contributed by atoms with E-state index < -0.39 is 0 Å². The minimum absolute atomic E-state index is 0.253. The van der Waals surface area contributed by atoms with Gasteiger partial charge < -0.3 is 11.1 Å². The minimum Gasteiger partial charge on any atom is -0.396 e. The van der Waals surface area contributed by atoms with Crippen LogP contribution in [0.25, 0.3) is 0 Å². The molecule has 2 aromatic heterocycles. The van der Waals surface area contributed by atoms with Crippen LogP contribution in [-0.4, -0.2) is 25.5 Å². The molecule has 0 aromatic carbocycles. The van der Waals surface area contributed by atoms with Crippen molar-refractivity contribution in [3.05, 3.63) is 29.3 Å². The molecule has 0 bridgehead atoms. The van der Waals surface area contributed by atoms with E-state index in [4.69, 9.17) is 5.73 Å². The molecule has 2 heterocycles. The predicted molar refractivity (Wildman–Crippen MR) is 71.4 cm³/mol. The van der Waals surface area contributed by atoms with E-state index in [9.17, 15) is 4.79 Å². The van der Waals surface area contributed by atoms with Gasteiger partial charge in [-0.3, -0.25) is 14.2 Å². The van der Waals surface area contributed by atoms with Crippen molar-refractivity contribution < 1.29 is 4.79 Å². The molecule has 0 radical (unpaired) electrons. The fraction of sp³-hybridized carbons (Fsp3) is 0.417. The van der Waals surface area contributed by atoms with Gasteiger partial charge in [-0.05, 0) is 13.8 Å². The first-order valence-electron chi connectivity index (χ1n) is 6.11. The molecule has 7 heteroatoms. The molecule has 3 N–H and O–H groups in total. The van der Waals surface area contributed by atoms with E-state index in [1.54, 1.807) is 19.4 Å². The van der Waals surface area contributed by atoms with Crippen LogP contribution in [-0.2, 0) is 20.1 Å². The molecule has 0 saturated carbocycles. The monoisotopic (exact) mass is 262 g/mol. The number of hydrogen-bond donors (Lipinski definition) is 2. The van der Waals surface area contributed by atoms with Gasteiger partial charge in [0.15, 0.2) is 5.69 Å². The standard InChI is InChI=1S/C12H18N6O/c1-4-18-8(2)9(6-15-18)5-14-12(19)11-10(13)7-17(3)16-11/h6-7H,4-5,13H2,1-3H3,(H,14,19). The van der Waals surface area contributed by atoms with Crippen LogP contribution >= 0.6 is 0 Å². The Hall–Kier alpha value is -2.31. The van der Waals surface area contributed by atoms with E-state index in [1.807, 2.05) is 18.5 Å². The van der Waals surface area contributed by atoms with Crippen LogP contribution in [0.2, 0.25) is 0 Å². The molecule has 0 unspecified atom stereocenters. The highest BCUT2D eigenvalue weighted by Gasteiger charge is 2.14. The number of nitrogens with zero attached hydrogens (tertiary/aromatic N) is 4. The number of carbonyl (C=O) groups excluding carboxylic acids is 1. The van der Waals surface area contributed by atoms with Crippen molar-refractivity contribution in [3.63, 3.8) is 0 Å². The third-order valence-electron chi connectivity index (χ3n) is 3.02. The summed E-state index contributed by atoms with van der Waals surface area (Å²) in [6, 6.07) is 0. The van der Waals surface area contributed by atoms with E-state index in [0.717, 1.165) is 17.8 Å². The molecule has 2 rings (SSSR count). The molecule has 0 atom stereocenters. The third-order valence-corrected chi connectivity index (χ3v) is 3.02. The molecule has 19 heavy (non-hydrogen) atoms. The molecule has 0 fully saturated rings. The molecule has 0 spiro atoms. The van der Waals surface area contributed by atoms with Crippen molar-refractivity contribution >= 4 is 11.6 Å². The summed E-state index contributed by atoms with van der Waals surface area (Å²) in [7, 11) is 1.72. The Kier molecular flexibility index (Phi) is 3.55. The number of rotatable bonds is 4. The van der Waals surface area contributed by atoms with Crippen molar-refractivity contribution in [1.29, 1.82) is 0 Å². The van der Waals surface area contributed by atoms with Gasteiger partial charge in [-0.1, -0.05) is 0 Å². The zero-order valence-electron chi connectivity index (χ0n) is 11.3. The maximum atomic E-state index is 11.9. The summed E-state index contributed by atoms with van der Waals surface area (Å²) in [6.07, 6.45) is 3.37. The van der Waals surface area contributed by atoms with Gasteiger partial charge in [0.2, 0.25) is 0 Å².